The van der Waals surface area contributed by atoms with Gasteiger partial charge in [-0.1, -0.05) is 43.6 Å². The van der Waals surface area contributed by atoms with Crippen molar-refractivity contribution >= 4 is 17.8 Å². The van der Waals surface area contributed by atoms with Crippen LogP contribution in [0.3, 0.4) is 0 Å². The van der Waals surface area contributed by atoms with Crippen molar-refractivity contribution in [1.29, 1.82) is 0 Å². The van der Waals surface area contributed by atoms with Gasteiger partial charge in [0.2, 0.25) is 11.8 Å². The van der Waals surface area contributed by atoms with Crippen molar-refractivity contribution in [3.05, 3.63) is 24.3 Å². The zero-order valence-electron chi connectivity index (χ0n) is 19.3. The van der Waals surface area contributed by atoms with Crippen LogP contribution in [-0.4, -0.2) is 82.3 Å². The van der Waals surface area contributed by atoms with E-state index in [4.69, 9.17) is 9.47 Å². The minimum atomic E-state index is -1.27. The zero-order valence-corrected chi connectivity index (χ0v) is 19.3. The van der Waals surface area contributed by atoms with E-state index in [1.165, 1.54) is 11.3 Å². The van der Waals surface area contributed by atoms with E-state index in [1.807, 2.05) is 36.1 Å². The van der Waals surface area contributed by atoms with Crippen molar-refractivity contribution in [2.24, 2.45) is 11.8 Å². The molecule has 180 valence electrons. The number of carbonyl (C=O) groups excluding carboxylic acids is 3. The number of amides is 2. The van der Waals surface area contributed by atoms with Crippen LogP contribution in [0.1, 0.15) is 51.9 Å². The van der Waals surface area contributed by atoms with Crippen molar-refractivity contribution in [1.82, 2.24) is 9.80 Å². The second-order valence-corrected chi connectivity index (χ2v) is 10.1. The van der Waals surface area contributed by atoms with Gasteiger partial charge in [-0.2, -0.15) is 0 Å². The summed E-state index contributed by atoms with van der Waals surface area (Å²) < 4.78 is 12.2. The van der Waals surface area contributed by atoms with E-state index in [9.17, 15) is 19.5 Å². The van der Waals surface area contributed by atoms with Gasteiger partial charge >= 0.3 is 5.97 Å². The molecule has 4 aliphatic heterocycles. The number of nitrogens with zero attached hydrogens (tertiary/aromatic N) is 2. The van der Waals surface area contributed by atoms with Crippen LogP contribution < -0.4 is 0 Å². The Morgan fingerprint density at radius 2 is 1.82 bits per heavy atom. The number of likely N-dealkylation sites (tertiary alicyclic amines) is 1. The Morgan fingerprint density at radius 1 is 1.03 bits per heavy atom. The molecule has 1 aliphatic carbocycles. The average Bonchev–Trinajstić information content (AvgIpc) is 3.14. The van der Waals surface area contributed by atoms with Gasteiger partial charge in [-0.3, -0.25) is 14.4 Å². The van der Waals surface area contributed by atoms with Crippen molar-refractivity contribution in [3.8, 4) is 0 Å². The highest BCUT2D eigenvalue weighted by molar-refractivity contribution is 5.99. The topological polar surface area (TPSA) is 96.4 Å². The van der Waals surface area contributed by atoms with Crippen LogP contribution in [0.5, 0.6) is 0 Å². The average molecular weight is 459 g/mol. The van der Waals surface area contributed by atoms with Gasteiger partial charge in [0.25, 0.3) is 0 Å². The summed E-state index contributed by atoms with van der Waals surface area (Å²) in [4.78, 5) is 44.4. The van der Waals surface area contributed by atoms with Crippen LogP contribution in [0.15, 0.2) is 24.3 Å². The van der Waals surface area contributed by atoms with Crippen molar-refractivity contribution in [3.63, 3.8) is 0 Å². The third-order valence-electron chi connectivity index (χ3n) is 8.14. The Bertz CT molecular complexity index is 880. The molecule has 1 spiro atoms. The van der Waals surface area contributed by atoms with E-state index in [-0.39, 0.29) is 37.6 Å². The lowest BCUT2D eigenvalue weighted by atomic mass is 9.74. The van der Waals surface area contributed by atoms with E-state index in [1.54, 1.807) is 0 Å². The van der Waals surface area contributed by atoms with Gasteiger partial charge < -0.3 is 24.4 Å². The quantitative estimate of drug-likeness (QED) is 0.510. The van der Waals surface area contributed by atoms with Crippen LogP contribution in [0.2, 0.25) is 0 Å². The number of aliphatic hydroxyl groups excluding tert-OH is 1. The summed E-state index contributed by atoms with van der Waals surface area (Å²) in [6, 6.07) is -0.772. The summed E-state index contributed by atoms with van der Waals surface area (Å²) in [6.07, 6.45) is 14.3. The molecule has 33 heavy (non-hydrogen) atoms. The van der Waals surface area contributed by atoms with E-state index in [0.29, 0.717) is 13.0 Å². The Balaban J connectivity index is 1.60. The highest BCUT2D eigenvalue weighted by Crippen LogP contribution is 2.57. The second-order valence-electron chi connectivity index (χ2n) is 10.1. The number of hydrogen-bond donors (Lipinski definition) is 1. The summed E-state index contributed by atoms with van der Waals surface area (Å²) in [5, 5.41) is 9.74. The summed E-state index contributed by atoms with van der Waals surface area (Å²) >= 11 is 0. The lowest BCUT2D eigenvalue weighted by molar-refractivity contribution is -0.160. The maximum Gasteiger partial charge on any atom is 0.313 e. The predicted molar refractivity (Wildman–Crippen MR) is 119 cm³/mol. The Morgan fingerprint density at radius 3 is 2.58 bits per heavy atom. The SMILES string of the molecule is C[C@]12/C=C\CCCOC(=O)[C@H]1[C@H]1C(=O)N(CCO)C3C(=O)N(C4CCCCC4)CC=C[C@@]31O2. The maximum atomic E-state index is 14.1. The third kappa shape index (κ3) is 3.44. The summed E-state index contributed by atoms with van der Waals surface area (Å²) in [5.41, 5.74) is -2.33. The number of esters is 1. The van der Waals surface area contributed by atoms with E-state index in [0.717, 1.165) is 32.1 Å². The molecule has 0 aromatic rings. The maximum absolute atomic E-state index is 14.1. The van der Waals surface area contributed by atoms with Crippen molar-refractivity contribution in [2.75, 3.05) is 26.3 Å². The molecule has 1 unspecified atom stereocenters. The molecule has 3 fully saturated rings. The molecule has 1 saturated carbocycles. The van der Waals surface area contributed by atoms with E-state index in [2.05, 4.69) is 0 Å². The number of cyclic esters (lactones) is 1. The molecule has 2 saturated heterocycles. The smallest absolute Gasteiger partial charge is 0.313 e. The van der Waals surface area contributed by atoms with Gasteiger partial charge in [0.1, 0.15) is 17.6 Å². The second kappa shape index (κ2) is 8.55. The van der Waals surface area contributed by atoms with Crippen LogP contribution in [0, 0.1) is 11.8 Å². The Labute approximate surface area is 194 Å². The lowest BCUT2D eigenvalue weighted by Crippen LogP contribution is -2.58. The minimum absolute atomic E-state index is 0.0253. The molecule has 4 heterocycles. The first-order valence-electron chi connectivity index (χ1n) is 12.4. The predicted octanol–water partition coefficient (Wildman–Crippen LogP) is 1.57. The first-order valence-corrected chi connectivity index (χ1v) is 12.4. The van der Waals surface area contributed by atoms with Gasteiger partial charge in [0.05, 0.1) is 24.7 Å². The van der Waals surface area contributed by atoms with Crippen LogP contribution in [0.4, 0.5) is 0 Å². The summed E-state index contributed by atoms with van der Waals surface area (Å²) in [5.74, 6) is -2.66. The fourth-order valence-corrected chi connectivity index (χ4v) is 6.72. The molecular weight excluding hydrogens is 424 g/mol. The summed E-state index contributed by atoms with van der Waals surface area (Å²) in [7, 11) is 0. The van der Waals surface area contributed by atoms with Crippen LogP contribution in [-0.2, 0) is 23.9 Å². The van der Waals surface area contributed by atoms with Crippen molar-refractivity contribution in [2.45, 2.75) is 75.2 Å². The molecule has 0 aromatic carbocycles. The molecule has 8 heteroatoms. The highest BCUT2D eigenvalue weighted by atomic mass is 16.6. The van der Waals surface area contributed by atoms with Gasteiger partial charge in [0.15, 0.2) is 0 Å². The third-order valence-corrected chi connectivity index (χ3v) is 8.14. The van der Waals surface area contributed by atoms with Crippen molar-refractivity contribution < 1.29 is 29.0 Å². The number of hydrogen-bond acceptors (Lipinski definition) is 6. The van der Waals surface area contributed by atoms with Crippen LogP contribution in [0.25, 0.3) is 0 Å². The molecular formula is C25H34N2O6. The molecule has 5 aliphatic rings. The molecule has 2 amide bonds. The van der Waals surface area contributed by atoms with E-state index < -0.39 is 35.0 Å². The molecule has 8 nitrogen and oxygen atoms in total. The van der Waals surface area contributed by atoms with Gasteiger partial charge in [-0.25, -0.2) is 0 Å². The van der Waals surface area contributed by atoms with Gasteiger partial charge in [0, 0.05) is 19.1 Å². The highest BCUT2D eigenvalue weighted by Gasteiger charge is 2.74. The number of β-amino-alcohol motifs (C(OH)–C–C–N with tert-alkyl or cyclic N) is 1. The van der Waals surface area contributed by atoms with Gasteiger partial charge in [-0.15, -0.1) is 0 Å². The monoisotopic (exact) mass is 458 g/mol. The largest absolute Gasteiger partial charge is 0.465 e. The number of allylic oxidation sites excluding steroid dienone is 1. The van der Waals surface area contributed by atoms with Gasteiger partial charge in [-0.05, 0) is 32.6 Å². The zero-order chi connectivity index (χ0) is 23.2. The summed E-state index contributed by atoms with van der Waals surface area (Å²) in [6.45, 7) is 2.32. The number of fused-ring (bicyclic) bond motifs is 2. The number of rotatable bonds is 3. The molecule has 0 aromatic heterocycles. The number of aliphatic hydroxyl groups is 1. The fourth-order valence-electron chi connectivity index (χ4n) is 6.72. The number of carbonyl (C=O) groups is 3. The number of ether oxygens (including phenoxy) is 2. The Kier molecular flexibility index (Phi) is 5.85. The molecule has 1 N–H and O–H groups in total. The first kappa shape index (κ1) is 22.6. The van der Waals surface area contributed by atoms with Crippen LogP contribution >= 0.6 is 0 Å². The Hall–Kier alpha value is -2.19. The minimum Gasteiger partial charge on any atom is -0.465 e. The molecule has 0 radical (unpaired) electrons. The van der Waals surface area contributed by atoms with E-state index >= 15 is 0 Å². The molecule has 0 bridgehead atoms. The fraction of sp³-hybridized carbons (Fsp3) is 0.720. The molecule has 5 atom stereocenters. The first-order chi connectivity index (χ1) is 15.9. The standard InChI is InChI=1S/C25H34N2O6/c1-24-11-6-3-7-16-32-23(31)19(24)18-21(29)27(14-15-28)20-22(30)26(17-9-4-2-5-10-17)13-8-12-25(18,20)33-24/h6,8,11-12,17-20,28H,2-5,7,9-10,13-16H2,1H3/b11-6-/t18-,19+,20?,24-,25-/m0/s1. The lowest BCUT2D eigenvalue weighted by Gasteiger charge is -2.40. The normalized spacial score (nSPS) is 40.3. The molecule has 5 rings (SSSR count).